The van der Waals surface area contributed by atoms with E-state index in [2.05, 4.69) is 20.1 Å². The van der Waals surface area contributed by atoms with Crippen LogP contribution in [0.15, 0.2) is 5.16 Å². The smallest absolute Gasteiger partial charge is 0.191 e. The lowest BCUT2D eigenvalue weighted by Crippen LogP contribution is -2.20. The van der Waals surface area contributed by atoms with Crippen LogP contribution in [0.2, 0.25) is 0 Å². The van der Waals surface area contributed by atoms with Crippen LogP contribution in [0.1, 0.15) is 31.5 Å². The van der Waals surface area contributed by atoms with E-state index in [0.29, 0.717) is 0 Å². The quantitative estimate of drug-likeness (QED) is 0.582. The summed E-state index contributed by atoms with van der Waals surface area (Å²) in [5.74, 6) is 2.27. The Balaban J connectivity index is 1.67. The van der Waals surface area contributed by atoms with Crippen LogP contribution >= 0.6 is 11.8 Å². The van der Waals surface area contributed by atoms with Gasteiger partial charge in [-0.05, 0) is 25.8 Å². The van der Waals surface area contributed by atoms with Crippen molar-refractivity contribution in [3.63, 3.8) is 0 Å². The van der Waals surface area contributed by atoms with E-state index < -0.39 is 0 Å². The molecule has 5 nitrogen and oxygen atoms in total. The molecule has 2 rings (SSSR count). The number of hydrogen-bond donors (Lipinski definition) is 1. The van der Waals surface area contributed by atoms with Gasteiger partial charge in [0, 0.05) is 32.4 Å². The number of hydrogen-bond acceptors (Lipinski definition) is 5. The third-order valence-corrected chi connectivity index (χ3v) is 4.34. The van der Waals surface area contributed by atoms with E-state index in [1.807, 2.05) is 11.8 Å². The van der Waals surface area contributed by atoms with Crippen LogP contribution in [0, 0.1) is 0 Å². The number of aromatic nitrogens is 3. The predicted octanol–water partition coefficient (Wildman–Crippen LogP) is 1.72. The molecule has 0 aromatic carbocycles. The summed E-state index contributed by atoms with van der Waals surface area (Å²) in [5.41, 5.74) is 0. The molecule has 1 aromatic heterocycles. The molecule has 0 unspecified atom stereocenters. The van der Waals surface area contributed by atoms with Crippen LogP contribution in [-0.2, 0) is 17.7 Å². The highest BCUT2D eigenvalue weighted by Gasteiger charge is 2.14. The number of methoxy groups -OCH3 is 1. The zero-order chi connectivity index (χ0) is 13.3. The number of nitrogens with one attached hydrogen (secondary N) is 1. The lowest BCUT2D eigenvalue weighted by Gasteiger charge is -2.06. The Bertz CT molecular complexity index is 370. The molecule has 108 valence electrons. The molecule has 0 saturated carbocycles. The van der Waals surface area contributed by atoms with Crippen LogP contribution < -0.4 is 5.32 Å². The summed E-state index contributed by atoms with van der Waals surface area (Å²) in [6.07, 6.45) is 6.07. The van der Waals surface area contributed by atoms with E-state index in [0.717, 1.165) is 50.0 Å². The van der Waals surface area contributed by atoms with Crippen LogP contribution in [0.3, 0.4) is 0 Å². The molecule has 0 radical (unpaired) electrons. The Morgan fingerprint density at radius 1 is 1.26 bits per heavy atom. The molecule has 1 aromatic rings. The zero-order valence-electron chi connectivity index (χ0n) is 11.7. The third-order valence-electron chi connectivity index (χ3n) is 3.29. The van der Waals surface area contributed by atoms with Crippen LogP contribution in [0.5, 0.6) is 0 Å². The summed E-state index contributed by atoms with van der Waals surface area (Å²) in [7, 11) is 1.73. The van der Waals surface area contributed by atoms with Gasteiger partial charge in [-0.3, -0.25) is 0 Å². The van der Waals surface area contributed by atoms with Crippen LogP contribution in [0.25, 0.3) is 0 Å². The number of rotatable bonds is 8. The molecular weight excluding hydrogens is 260 g/mol. The Morgan fingerprint density at radius 3 is 3.11 bits per heavy atom. The fourth-order valence-corrected chi connectivity index (χ4v) is 3.15. The average molecular weight is 284 g/mol. The van der Waals surface area contributed by atoms with E-state index in [4.69, 9.17) is 4.74 Å². The van der Waals surface area contributed by atoms with Gasteiger partial charge >= 0.3 is 0 Å². The van der Waals surface area contributed by atoms with Crippen molar-refractivity contribution < 1.29 is 4.74 Å². The van der Waals surface area contributed by atoms with Gasteiger partial charge in [0.1, 0.15) is 5.82 Å². The minimum atomic E-state index is 0.783. The first-order valence-corrected chi connectivity index (χ1v) is 8.15. The van der Waals surface area contributed by atoms with E-state index in [1.165, 1.54) is 25.1 Å². The number of aryl methyl sites for hydroxylation is 1. The Labute approximate surface area is 119 Å². The lowest BCUT2D eigenvalue weighted by molar-refractivity contribution is 0.199. The molecular formula is C13H24N4OS. The molecule has 0 aliphatic carbocycles. The van der Waals surface area contributed by atoms with Gasteiger partial charge < -0.3 is 14.6 Å². The largest absolute Gasteiger partial charge is 0.383 e. The van der Waals surface area contributed by atoms with E-state index in [-0.39, 0.29) is 0 Å². The minimum absolute atomic E-state index is 0.783. The van der Waals surface area contributed by atoms with Crippen molar-refractivity contribution in [2.75, 3.05) is 32.6 Å². The maximum atomic E-state index is 4.99. The highest BCUT2D eigenvalue weighted by Crippen LogP contribution is 2.21. The Morgan fingerprint density at radius 2 is 2.21 bits per heavy atom. The fraction of sp³-hybridized carbons (Fsp3) is 0.846. The first-order chi connectivity index (χ1) is 9.42. The second-order valence-electron chi connectivity index (χ2n) is 4.81. The summed E-state index contributed by atoms with van der Waals surface area (Å²) in [6.45, 7) is 3.85. The number of fused-ring (bicyclic) bond motifs is 1. The minimum Gasteiger partial charge on any atom is -0.383 e. The summed E-state index contributed by atoms with van der Waals surface area (Å²) < 4.78 is 7.31. The molecule has 0 saturated heterocycles. The van der Waals surface area contributed by atoms with Gasteiger partial charge in [0.05, 0.1) is 6.61 Å². The van der Waals surface area contributed by atoms with Gasteiger partial charge in [-0.25, -0.2) is 0 Å². The second kappa shape index (κ2) is 8.55. The maximum Gasteiger partial charge on any atom is 0.191 e. The van der Waals surface area contributed by atoms with Crippen LogP contribution in [0.4, 0.5) is 0 Å². The predicted molar refractivity (Wildman–Crippen MR) is 77.7 cm³/mol. The standard InChI is InChI=1S/C13H24N4OS/c1-18-10-8-14-7-5-11-19-13-16-15-12-6-3-2-4-9-17(12)13/h14H,2-11H2,1H3. The first kappa shape index (κ1) is 14.8. The summed E-state index contributed by atoms with van der Waals surface area (Å²) in [5, 5.41) is 13.1. The molecule has 6 heteroatoms. The molecule has 0 amide bonds. The van der Waals surface area contributed by atoms with Gasteiger partial charge in [-0.2, -0.15) is 0 Å². The molecule has 0 bridgehead atoms. The van der Waals surface area contributed by atoms with E-state index in [1.54, 1.807) is 7.11 Å². The van der Waals surface area contributed by atoms with E-state index >= 15 is 0 Å². The highest BCUT2D eigenvalue weighted by molar-refractivity contribution is 7.99. The van der Waals surface area contributed by atoms with Crippen molar-refractivity contribution in [1.82, 2.24) is 20.1 Å². The van der Waals surface area contributed by atoms with Crippen molar-refractivity contribution >= 4 is 11.8 Å². The molecule has 0 atom stereocenters. The fourth-order valence-electron chi connectivity index (χ4n) is 2.22. The molecule has 1 N–H and O–H groups in total. The molecule has 0 spiro atoms. The molecule has 19 heavy (non-hydrogen) atoms. The molecule has 0 fully saturated rings. The maximum absolute atomic E-state index is 4.99. The summed E-state index contributed by atoms with van der Waals surface area (Å²) >= 11 is 1.83. The number of thioether (sulfide) groups is 1. The van der Waals surface area contributed by atoms with Crippen molar-refractivity contribution in [3.8, 4) is 0 Å². The molecule has 2 heterocycles. The number of nitrogens with zero attached hydrogens (tertiary/aromatic N) is 3. The monoisotopic (exact) mass is 284 g/mol. The summed E-state index contributed by atoms with van der Waals surface area (Å²) in [4.78, 5) is 0. The summed E-state index contributed by atoms with van der Waals surface area (Å²) in [6, 6.07) is 0. The third kappa shape index (κ3) is 4.78. The topological polar surface area (TPSA) is 52.0 Å². The second-order valence-corrected chi connectivity index (χ2v) is 5.87. The Kier molecular flexibility index (Phi) is 6.67. The highest BCUT2D eigenvalue weighted by atomic mass is 32.2. The van der Waals surface area contributed by atoms with Gasteiger partial charge in [-0.15, -0.1) is 10.2 Å². The lowest BCUT2D eigenvalue weighted by atomic mass is 10.2. The SMILES string of the molecule is COCCNCCCSc1nnc2n1CCCCC2. The van der Waals surface area contributed by atoms with Crippen molar-refractivity contribution in [1.29, 1.82) is 0 Å². The zero-order valence-corrected chi connectivity index (χ0v) is 12.5. The van der Waals surface area contributed by atoms with Crippen LogP contribution in [-0.4, -0.2) is 47.3 Å². The first-order valence-electron chi connectivity index (χ1n) is 7.16. The van der Waals surface area contributed by atoms with Gasteiger partial charge in [0.15, 0.2) is 5.16 Å². The average Bonchev–Trinajstić information content (AvgIpc) is 2.66. The van der Waals surface area contributed by atoms with Gasteiger partial charge in [0.2, 0.25) is 0 Å². The molecule has 1 aliphatic rings. The normalized spacial score (nSPS) is 15.2. The number of ether oxygens (including phenoxy) is 1. The van der Waals surface area contributed by atoms with Gasteiger partial charge in [-0.1, -0.05) is 18.2 Å². The Hall–Kier alpha value is -0.590. The molecule has 1 aliphatic heterocycles. The van der Waals surface area contributed by atoms with Gasteiger partial charge in [0.25, 0.3) is 0 Å². The van der Waals surface area contributed by atoms with Crippen molar-refractivity contribution in [2.24, 2.45) is 0 Å². The van der Waals surface area contributed by atoms with Crippen molar-refractivity contribution in [3.05, 3.63) is 5.82 Å². The van der Waals surface area contributed by atoms with Crippen molar-refractivity contribution in [2.45, 2.75) is 43.8 Å². The van der Waals surface area contributed by atoms with E-state index in [9.17, 15) is 0 Å².